The first-order chi connectivity index (χ1) is 18.8. The van der Waals surface area contributed by atoms with E-state index in [0.29, 0.717) is 47.4 Å². The Morgan fingerprint density at radius 3 is 2.62 bits per heavy atom. The van der Waals surface area contributed by atoms with Gasteiger partial charge in [0.05, 0.1) is 49.8 Å². The van der Waals surface area contributed by atoms with Gasteiger partial charge in [-0.3, -0.25) is 14.6 Å². The highest BCUT2D eigenvalue weighted by Crippen LogP contribution is 2.40. The van der Waals surface area contributed by atoms with E-state index in [9.17, 15) is 14.4 Å². The van der Waals surface area contributed by atoms with Crippen molar-refractivity contribution in [2.24, 2.45) is 4.99 Å². The number of esters is 2. The number of hydrogen-bond donors (Lipinski definition) is 1. The number of aliphatic imine (C=N–C) groups is 1. The molecule has 0 fully saturated rings. The van der Waals surface area contributed by atoms with E-state index in [4.69, 9.17) is 30.5 Å². The summed E-state index contributed by atoms with van der Waals surface area (Å²) >= 11 is 6.50. The molecular formula is C29H29ClN2O7. The van der Waals surface area contributed by atoms with Gasteiger partial charge in [0, 0.05) is 35.3 Å². The maximum absolute atomic E-state index is 13.0. The van der Waals surface area contributed by atoms with Gasteiger partial charge in [0.1, 0.15) is 5.75 Å². The minimum Gasteiger partial charge on any atom is -0.493 e. The van der Waals surface area contributed by atoms with E-state index < -0.39 is 24.0 Å². The van der Waals surface area contributed by atoms with Gasteiger partial charge in [0.2, 0.25) is 5.56 Å². The number of halogens is 1. The van der Waals surface area contributed by atoms with Crippen LogP contribution in [0.25, 0.3) is 10.9 Å². The third-order valence-corrected chi connectivity index (χ3v) is 6.57. The molecule has 0 bridgehead atoms. The zero-order valence-corrected chi connectivity index (χ0v) is 22.6. The number of carbonyl (C=O) groups excluding carboxylic acids is 2. The van der Waals surface area contributed by atoms with Crippen LogP contribution in [0.15, 0.2) is 75.7 Å². The van der Waals surface area contributed by atoms with Gasteiger partial charge in [0.15, 0.2) is 6.10 Å². The summed E-state index contributed by atoms with van der Waals surface area (Å²) < 4.78 is 22.4. The van der Waals surface area contributed by atoms with E-state index in [1.807, 2.05) is 6.07 Å². The molecule has 1 aromatic heterocycles. The zero-order valence-electron chi connectivity index (χ0n) is 21.9. The number of aromatic amines is 1. The molecule has 1 N–H and O–H groups in total. The summed E-state index contributed by atoms with van der Waals surface area (Å²) in [6, 6.07) is 15.7. The molecule has 3 aromatic rings. The summed E-state index contributed by atoms with van der Waals surface area (Å²) in [5.41, 5.74) is 2.33. The van der Waals surface area contributed by atoms with E-state index in [-0.39, 0.29) is 17.7 Å². The predicted octanol–water partition coefficient (Wildman–Crippen LogP) is 4.58. The number of nitrogens with zero attached hydrogens (tertiary/aromatic N) is 1. The molecule has 0 aliphatic carbocycles. The summed E-state index contributed by atoms with van der Waals surface area (Å²) in [4.78, 5) is 43.7. The SMILES string of the molecule is COC(=O)C1=C(COCCCOc2ccc3[nH]c(=O)ccc3c2)N=C(C)C(OC(C)=O)C1c1ccccc1Cl. The van der Waals surface area contributed by atoms with Crippen LogP contribution in [-0.4, -0.2) is 55.7 Å². The second-order valence-corrected chi connectivity index (χ2v) is 9.37. The Morgan fingerprint density at radius 1 is 1.08 bits per heavy atom. The summed E-state index contributed by atoms with van der Waals surface area (Å²) in [6.45, 7) is 3.82. The quantitative estimate of drug-likeness (QED) is 0.289. The van der Waals surface area contributed by atoms with Crippen molar-refractivity contribution in [2.45, 2.75) is 32.3 Å². The molecule has 0 radical (unpaired) electrons. The molecular weight excluding hydrogens is 524 g/mol. The van der Waals surface area contributed by atoms with Crippen LogP contribution in [0.5, 0.6) is 5.75 Å². The minimum atomic E-state index is -0.826. The lowest BCUT2D eigenvalue weighted by molar-refractivity contribution is -0.145. The van der Waals surface area contributed by atoms with Crippen molar-refractivity contribution in [3.8, 4) is 5.75 Å². The van der Waals surface area contributed by atoms with Gasteiger partial charge in [-0.25, -0.2) is 4.79 Å². The Kier molecular flexibility index (Phi) is 9.16. The third-order valence-electron chi connectivity index (χ3n) is 6.22. The summed E-state index contributed by atoms with van der Waals surface area (Å²) in [7, 11) is 1.28. The zero-order chi connectivity index (χ0) is 27.9. The van der Waals surface area contributed by atoms with E-state index in [1.54, 1.807) is 49.4 Å². The number of carbonyl (C=O) groups is 2. The number of rotatable bonds is 10. The van der Waals surface area contributed by atoms with Crippen LogP contribution in [0.2, 0.25) is 5.02 Å². The average molecular weight is 553 g/mol. The number of ether oxygens (including phenoxy) is 4. The molecule has 0 spiro atoms. The van der Waals surface area contributed by atoms with Crippen molar-refractivity contribution in [1.82, 2.24) is 4.98 Å². The predicted molar refractivity (Wildman–Crippen MR) is 147 cm³/mol. The Balaban J connectivity index is 1.46. The third kappa shape index (κ3) is 6.74. The number of H-pyrrole nitrogens is 1. The number of benzene rings is 2. The molecule has 204 valence electrons. The standard InChI is InChI=1S/C29H29ClN2O7/c1-17-28(39-18(2)33)26(21-7-4-5-8-22(21)30)27(29(35)36-3)24(31-17)16-37-13-6-14-38-20-10-11-23-19(15-20)9-12-25(34)32-23/h4-5,7-12,15,26,28H,6,13-14,16H2,1-3H3,(H,32,34). The van der Waals surface area contributed by atoms with Crippen LogP contribution in [-0.2, 0) is 23.8 Å². The molecule has 2 heterocycles. The van der Waals surface area contributed by atoms with Crippen molar-refractivity contribution in [3.05, 3.63) is 86.8 Å². The Hall–Kier alpha value is -3.95. The van der Waals surface area contributed by atoms with Gasteiger partial charge in [0.25, 0.3) is 0 Å². The summed E-state index contributed by atoms with van der Waals surface area (Å²) in [5, 5.41) is 1.30. The Morgan fingerprint density at radius 2 is 1.87 bits per heavy atom. The Labute approximate surface area is 230 Å². The topological polar surface area (TPSA) is 116 Å². The molecule has 2 atom stereocenters. The maximum atomic E-state index is 13.0. The van der Waals surface area contributed by atoms with Crippen LogP contribution >= 0.6 is 11.6 Å². The lowest BCUT2D eigenvalue weighted by Crippen LogP contribution is -2.38. The van der Waals surface area contributed by atoms with Crippen LogP contribution in [0.3, 0.4) is 0 Å². The Bertz CT molecular complexity index is 1490. The molecule has 0 saturated heterocycles. The largest absolute Gasteiger partial charge is 0.493 e. The van der Waals surface area contributed by atoms with Gasteiger partial charge in [-0.15, -0.1) is 0 Å². The fourth-order valence-electron chi connectivity index (χ4n) is 4.49. The van der Waals surface area contributed by atoms with E-state index in [1.165, 1.54) is 20.1 Å². The van der Waals surface area contributed by atoms with Crippen molar-refractivity contribution >= 4 is 40.2 Å². The highest BCUT2D eigenvalue weighted by molar-refractivity contribution is 6.31. The van der Waals surface area contributed by atoms with Gasteiger partial charge >= 0.3 is 11.9 Å². The van der Waals surface area contributed by atoms with Crippen molar-refractivity contribution in [1.29, 1.82) is 0 Å². The van der Waals surface area contributed by atoms with Gasteiger partial charge in [-0.05, 0) is 42.8 Å². The molecule has 2 aromatic carbocycles. The molecule has 0 amide bonds. The minimum absolute atomic E-state index is 0.0405. The fourth-order valence-corrected chi connectivity index (χ4v) is 4.75. The monoisotopic (exact) mass is 552 g/mol. The highest BCUT2D eigenvalue weighted by atomic mass is 35.5. The number of methoxy groups -OCH3 is 1. The van der Waals surface area contributed by atoms with Gasteiger partial charge in [-0.2, -0.15) is 0 Å². The van der Waals surface area contributed by atoms with Crippen molar-refractivity contribution < 1.29 is 28.5 Å². The lowest BCUT2D eigenvalue weighted by Gasteiger charge is -2.33. The van der Waals surface area contributed by atoms with E-state index >= 15 is 0 Å². The van der Waals surface area contributed by atoms with Crippen LogP contribution in [0, 0.1) is 0 Å². The van der Waals surface area contributed by atoms with E-state index in [2.05, 4.69) is 9.98 Å². The second-order valence-electron chi connectivity index (χ2n) is 8.96. The van der Waals surface area contributed by atoms with Crippen molar-refractivity contribution in [2.75, 3.05) is 26.9 Å². The number of pyridine rings is 1. The average Bonchev–Trinajstić information content (AvgIpc) is 2.91. The normalized spacial score (nSPS) is 17.1. The molecule has 39 heavy (non-hydrogen) atoms. The number of aromatic nitrogens is 1. The number of fused-ring (bicyclic) bond motifs is 1. The first kappa shape index (κ1) is 28.1. The van der Waals surface area contributed by atoms with Crippen LogP contribution in [0.1, 0.15) is 31.7 Å². The molecule has 0 saturated carbocycles. The van der Waals surface area contributed by atoms with Crippen LogP contribution < -0.4 is 10.3 Å². The molecule has 1 aliphatic heterocycles. The van der Waals surface area contributed by atoms with Gasteiger partial charge < -0.3 is 23.9 Å². The van der Waals surface area contributed by atoms with E-state index in [0.717, 1.165) is 10.9 Å². The van der Waals surface area contributed by atoms with Gasteiger partial charge in [-0.1, -0.05) is 29.8 Å². The first-order valence-electron chi connectivity index (χ1n) is 12.4. The molecule has 4 rings (SSSR count). The number of hydrogen-bond acceptors (Lipinski definition) is 8. The molecule has 1 aliphatic rings. The second kappa shape index (κ2) is 12.7. The van der Waals surface area contributed by atoms with Crippen molar-refractivity contribution in [3.63, 3.8) is 0 Å². The summed E-state index contributed by atoms with van der Waals surface area (Å²) in [6.07, 6.45) is -0.245. The molecule has 2 unspecified atom stereocenters. The van der Waals surface area contributed by atoms with Crippen LogP contribution in [0.4, 0.5) is 0 Å². The highest BCUT2D eigenvalue weighted by Gasteiger charge is 2.41. The lowest BCUT2D eigenvalue weighted by atomic mass is 9.81. The maximum Gasteiger partial charge on any atom is 0.336 e. The molecule has 9 nitrogen and oxygen atoms in total. The summed E-state index contributed by atoms with van der Waals surface area (Å²) in [5.74, 6) is -1.14. The smallest absolute Gasteiger partial charge is 0.336 e. The molecule has 10 heteroatoms. The first-order valence-corrected chi connectivity index (χ1v) is 12.8. The number of nitrogens with one attached hydrogen (secondary N) is 1. The fraction of sp³-hybridized carbons (Fsp3) is 0.310.